The van der Waals surface area contributed by atoms with Crippen molar-refractivity contribution < 1.29 is 19.2 Å². The van der Waals surface area contributed by atoms with Gasteiger partial charge in [0.15, 0.2) is 5.82 Å². The van der Waals surface area contributed by atoms with Gasteiger partial charge in [-0.05, 0) is 0 Å². The van der Waals surface area contributed by atoms with Crippen LogP contribution < -0.4 is 16.0 Å². The summed E-state index contributed by atoms with van der Waals surface area (Å²) >= 11 is 1.14. The number of carboxylic acids is 1. The molecule has 2 unspecified atom stereocenters. The van der Waals surface area contributed by atoms with Crippen molar-refractivity contribution in [3.63, 3.8) is 0 Å². The number of aliphatic carboxylic acids is 1. The van der Waals surface area contributed by atoms with E-state index >= 15 is 0 Å². The van der Waals surface area contributed by atoms with Crippen LogP contribution in [0.3, 0.4) is 0 Å². The Morgan fingerprint density at radius 2 is 2.50 bits per heavy atom. The van der Waals surface area contributed by atoms with Gasteiger partial charge in [0, 0.05) is 6.07 Å². The number of carboxylic acid groups (broad SMARTS) is 1. The highest BCUT2D eigenvalue weighted by Gasteiger charge is 2.35. The molecule has 1 fully saturated rings. The molecule has 16 heavy (non-hydrogen) atoms. The summed E-state index contributed by atoms with van der Waals surface area (Å²) < 4.78 is 6.48. The van der Waals surface area contributed by atoms with Crippen molar-refractivity contribution in [3.05, 3.63) is 22.7 Å². The van der Waals surface area contributed by atoms with E-state index in [9.17, 15) is 9.59 Å². The van der Waals surface area contributed by atoms with Gasteiger partial charge >= 0.3 is 11.7 Å². The Balaban J connectivity index is 2.21. The van der Waals surface area contributed by atoms with Crippen molar-refractivity contribution in [2.75, 3.05) is 11.5 Å². The van der Waals surface area contributed by atoms with Crippen molar-refractivity contribution >= 4 is 23.5 Å². The summed E-state index contributed by atoms with van der Waals surface area (Å²) in [6.07, 6.45) is 0.902. The maximum atomic E-state index is 11.5. The fourth-order valence-electron chi connectivity index (χ4n) is 1.35. The van der Waals surface area contributed by atoms with Crippen molar-refractivity contribution in [3.8, 4) is 0 Å². The molecule has 7 nitrogen and oxygen atoms in total. The second kappa shape index (κ2) is 4.14. The van der Waals surface area contributed by atoms with Gasteiger partial charge < -0.3 is 15.6 Å². The number of carbonyl (C=O) groups is 1. The van der Waals surface area contributed by atoms with Gasteiger partial charge in [0.1, 0.15) is 6.20 Å². The van der Waals surface area contributed by atoms with E-state index in [1.165, 1.54) is 16.8 Å². The SMILES string of the molecule is Nc1cc[n+](C2CSC(C(=O)O)O2)c(=O)[nH]1. The van der Waals surface area contributed by atoms with Crippen LogP contribution in [0.15, 0.2) is 17.1 Å². The lowest BCUT2D eigenvalue weighted by Gasteiger charge is -2.06. The zero-order chi connectivity index (χ0) is 11.7. The Morgan fingerprint density at radius 3 is 3.06 bits per heavy atom. The lowest BCUT2D eigenvalue weighted by Crippen LogP contribution is -2.55. The van der Waals surface area contributed by atoms with Gasteiger partial charge in [-0.1, -0.05) is 0 Å². The number of hydrogen-bond donors (Lipinski definition) is 3. The number of aromatic amines is 1. The molecule has 0 amide bonds. The van der Waals surface area contributed by atoms with Crippen LogP contribution in [0.25, 0.3) is 0 Å². The highest BCUT2D eigenvalue weighted by Crippen LogP contribution is 2.27. The van der Waals surface area contributed by atoms with Crippen LogP contribution >= 0.6 is 11.8 Å². The van der Waals surface area contributed by atoms with Gasteiger partial charge in [-0.2, -0.15) is 14.3 Å². The topological polar surface area (TPSA) is 109 Å². The van der Waals surface area contributed by atoms with Gasteiger partial charge in [-0.15, -0.1) is 11.8 Å². The summed E-state index contributed by atoms with van der Waals surface area (Å²) in [5, 5.41) is 8.73. The van der Waals surface area contributed by atoms with Crippen molar-refractivity contribution in [2.24, 2.45) is 0 Å². The van der Waals surface area contributed by atoms with Crippen LogP contribution in [0.2, 0.25) is 0 Å². The first kappa shape index (κ1) is 11.0. The number of hydrogen-bond acceptors (Lipinski definition) is 5. The number of H-pyrrole nitrogens is 1. The lowest BCUT2D eigenvalue weighted by molar-refractivity contribution is -0.770. The van der Waals surface area contributed by atoms with E-state index in [1.807, 2.05) is 0 Å². The molecule has 2 heterocycles. The largest absolute Gasteiger partial charge is 0.499 e. The third-order valence-electron chi connectivity index (χ3n) is 2.08. The van der Waals surface area contributed by atoms with E-state index in [1.54, 1.807) is 0 Å². The molecular weight excluding hydrogens is 234 g/mol. The first-order valence-electron chi connectivity index (χ1n) is 4.48. The summed E-state index contributed by atoms with van der Waals surface area (Å²) in [5.74, 6) is -0.379. The molecule has 0 bridgehead atoms. The zero-order valence-electron chi connectivity index (χ0n) is 8.12. The van der Waals surface area contributed by atoms with Crippen LogP contribution in [0, 0.1) is 0 Å². The van der Waals surface area contributed by atoms with Crippen LogP contribution in [0.1, 0.15) is 6.23 Å². The fraction of sp³-hybridized carbons (Fsp3) is 0.375. The second-order valence-electron chi connectivity index (χ2n) is 3.20. The van der Waals surface area contributed by atoms with Gasteiger partial charge in [0.05, 0.1) is 5.75 Å². The van der Waals surface area contributed by atoms with Crippen LogP contribution in [-0.2, 0) is 9.53 Å². The Labute approximate surface area is 94.2 Å². The highest BCUT2D eigenvalue weighted by molar-refractivity contribution is 8.00. The Bertz CT molecular complexity index is 475. The molecule has 0 radical (unpaired) electrons. The summed E-state index contributed by atoms with van der Waals surface area (Å²) in [6, 6.07) is 1.52. The molecule has 1 aromatic rings. The predicted octanol–water partition coefficient (Wildman–Crippen LogP) is -1.08. The van der Waals surface area contributed by atoms with E-state index in [0.29, 0.717) is 5.75 Å². The molecule has 2 atom stereocenters. The number of nitrogen functional groups attached to an aromatic ring is 1. The second-order valence-corrected chi connectivity index (χ2v) is 4.30. The quantitative estimate of drug-likeness (QED) is 0.571. The number of ether oxygens (including phenoxy) is 1. The fourth-order valence-corrected chi connectivity index (χ4v) is 2.28. The van der Waals surface area contributed by atoms with E-state index in [2.05, 4.69) is 4.98 Å². The zero-order valence-corrected chi connectivity index (χ0v) is 8.94. The minimum absolute atomic E-state index is 0.252. The highest BCUT2D eigenvalue weighted by atomic mass is 32.2. The number of aromatic nitrogens is 2. The molecule has 2 rings (SSSR count). The summed E-state index contributed by atoms with van der Waals surface area (Å²) in [4.78, 5) is 24.6. The molecule has 8 heteroatoms. The first-order valence-corrected chi connectivity index (χ1v) is 5.52. The smallest absolute Gasteiger partial charge is 0.479 e. The van der Waals surface area contributed by atoms with Gasteiger partial charge in [0.2, 0.25) is 11.7 Å². The molecule has 1 aliphatic heterocycles. The van der Waals surface area contributed by atoms with Crippen LogP contribution in [-0.4, -0.2) is 27.2 Å². The minimum atomic E-state index is -1.04. The molecule has 4 N–H and O–H groups in total. The Kier molecular flexibility index (Phi) is 2.84. The van der Waals surface area contributed by atoms with Crippen molar-refractivity contribution in [2.45, 2.75) is 11.7 Å². The first-order chi connectivity index (χ1) is 7.58. The molecule has 0 aliphatic carbocycles. The van der Waals surface area contributed by atoms with Gasteiger partial charge in [-0.25, -0.2) is 4.79 Å². The summed E-state index contributed by atoms with van der Waals surface area (Å²) in [5.41, 5.74) is 4.05. The molecular formula is C8H10N3O4S+. The maximum absolute atomic E-state index is 11.5. The predicted molar refractivity (Wildman–Crippen MR) is 55.7 cm³/mol. The number of nitrogens with one attached hydrogen (secondary N) is 1. The minimum Gasteiger partial charge on any atom is -0.479 e. The Morgan fingerprint density at radius 1 is 1.75 bits per heavy atom. The van der Waals surface area contributed by atoms with Crippen molar-refractivity contribution in [1.82, 2.24) is 4.98 Å². The Hall–Kier alpha value is -1.54. The van der Waals surface area contributed by atoms with E-state index in [4.69, 9.17) is 15.6 Å². The van der Waals surface area contributed by atoms with Crippen molar-refractivity contribution in [1.29, 1.82) is 0 Å². The number of thioether (sulfide) groups is 1. The summed E-state index contributed by atoms with van der Waals surface area (Å²) in [6.45, 7) is 0. The molecule has 1 aliphatic rings. The third kappa shape index (κ3) is 2.02. The molecule has 0 aromatic carbocycles. The normalized spacial score (nSPS) is 24.5. The van der Waals surface area contributed by atoms with Crippen LogP contribution in [0.4, 0.5) is 5.82 Å². The van der Waals surface area contributed by atoms with E-state index < -0.39 is 23.3 Å². The molecule has 1 aromatic heterocycles. The van der Waals surface area contributed by atoms with Crippen LogP contribution in [0.5, 0.6) is 0 Å². The third-order valence-corrected chi connectivity index (χ3v) is 3.18. The molecule has 0 spiro atoms. The lowest BCUT2D eigenvalue weighted by atomic mass is 10.5. The molecule has 86 valence electrons. The monoisotopic (exact) mass is 244 g/mol. The van der Waals surface area contributed by atoms with E-state index in [0.717, 1.165) is 11.8 Å². The number of nitrogens with two attached hydrogens (primary N) is 1. The number of anilines is 1. The number of rotatable bonds is 2. The maximum Gasteiger partial charge on any atom is 0.499 e. The molecule has 0 saturated carbocycles. The van der Waals surface area contributed by atoms with Gasteiger partial charge in [-0.3, -0.25) is 0 Å². The standard InChI is InChI=1S/C8H9N3O4S/c9-4-1-2-11(8(14)10-4)5-3-16-7(15-5)6(12)13/h1-2,5,7H,3H2,(H3,9,10,12,13,14)/p+1. The summed E-state index contributed by atoms with van der Waals surface area (Å²) in [7, 11) is 0. The molecule has 1 saturated heterocycles. The average Bonchev–Trinajstić information content (AvgIpc) is 2.66. The van der Waals surface area contributed by atoms with Gasteiger partial charge in [0.25, 0.3) is 0 Å². The van der Waals surface area contributed by atoms with E-state index in [-0.39, 0.29) is 5.82 Å². The average molecular weight is 244 g/mol. The number of nitrogens with zero attached hydrogens (tertiary/aromatic N) is 1.